The Morgan fingerprint density at radius 1 is 1.22 bits per heavy atom. The Kier molecular flexibility index (Phi) is 8.36. The van der Waals surface area contributed by atoms with Gasteiger partial charge in [-0.05, 0) is 30.0 Å². The second-order valence-electron chi connectivity index (χ2n) is 5.98. The summed E-state index contributed by atoms with van der Waals surface area (Å²) in [7, 11) is 5.30. The number of hydrogen-bond donors (Lipinski definition) is 2. The van der Waals surface area contributed by atoms with E-state index in [1.165, 1.54) is 19.3 Å². The maximum absolute atomic E-state index is 11.8. The highest BCUT2D eigenvalue weighted by Crippen LogP contribution is 2.31. The van der Waals surface area contributed by atoms with Gasteiger partial charge in [-0.1, -0.05) is 25.0 Å². The van der Waals surface area contributed by atoms with Crippen LogP contribution in [0.4, 0.5) is 0 Å². The standard InChI is InChI=1S/C17H26N4O.HI/c1-18-17(19-11-10-13-4-5-13)20-12-14-6-8-15(9-7-14)16(22)21(2)3;/h6-9,13H,4-5,10-12H2,1-3H3,(H2,18,19,20);1H. The van der Waals surface area contributed by atoms with Gasteiger partial charge in [-0.25, -0.2) is 0 Å². The molecule has 1 aromatic carbocycles. The molecule has 1 aliphatic rings. The van der Waals surface area contributed by atoms with Crippen molar-refractivity contribution in [3.05, 3.63) is 35.4 Å². The average molecular weight is 430 g/mol. The van der Waals surface area contributed by atoms with Crippen molar-refractivity contribution in [1.29, 1.82) is 0 Å². The topological polar surface area (TPSA) is 56.7 Å². The lowest BCUT2D eigenvalue weighted by molar-refractivity contribution is 0.0827. The highest BCUT2D eigenvalue weighted by molar-refractivity contribution is 14.0. The van der Waals surface area contributed by atoms with E-state index < -0.39 is 0 Å². The summed E-state index contributed by atoms with van der Waals surface area (Å²) >= 11 is 0. The van der Waals surface area contributed by atoms with Gasteiger partial charge >= 0.3 is 0 Å². The van der Waals surface area contributed by atoms with Crippen LogP contribution in [0, 0.1) is 5.92 Å². The second-order valence-corrected chi connectivity index (χ2v) is 5.98. The number of carbonyl (C=O) groups excluding carboxylic acids is 1. The first-order valence-electron chi connectivity index (χ1n) is 7.85. The van der Waals surface area contributed by atoms with Crippen molar-refractivity contribution < 1.29 is 4.79 Å². The number of amides is 1. The van der Waals surface area contributed by atoms with E-state index >= 15 is 0 Å². The molecule has 23 heavy (non-hydrogen) atoms. The van der Waals surface area contributed by atoms with Crippen LogP contribution in [0.2, 0.25) is 0 Å². The molecule has 0 aromatic heterocycles. The van der Waals surface area contributed by atoms with E-state index in [4.69, 9.17) is 0 Å². The van der Waals surface area contributed by atoms with Crippen molar-refractivity contribution in [2.75, 3.05) is 27.7 Å². The molecule has 0 saturated heterocycles. The molecule has 1 amide bonds. The highest BCUT2D eigenvalue weighted by atomic mass is 127. The Hall–Kier alpha value is -1.31. The van der Waals surface area contributed by atoms with Crippen molar-refractivity contribution in [2.45, 2.75) is 25.8 Å². The first kappa shape index (κ1) is 19.7. The molecule has 1 aliphatic carbocycles. The van der Waals surface area contributed by atoms with E-state index in [2.05, 4.69) is 15.6 Å². The van der Waals surface area contributed by atoms with Gasteiger partial charge in [0.15, 0.2) is 5.96 Å². The summed E-state index contributed by atoms with van der Waals surface area (Å²) in [5, 5.41) is 6.63. The first-order valence-corrected chi connectivity index (χ1v) is 7.85. The lowest BCUT2D eigenvalue weighted by atomic mass is 10.1. The predicted molar refractivity (Wildman–Crippen MR) is 105 cm³/mol. The van der Waals surface area contributed by atoms with Gasteiger partial charge in [-0.15, -0.1) is 24.0 Å². The second kappa shape index (κ2) is 9.75. The molecule has 5 nitrogen and oxygen atoms in total. The molecule has 1 fully saturated rings. The van der Waals surface area contributed by atoms with Gasteiger partial charge in [0.2, 0.25) is 0 Å². The van der Waals surface area contributed by atoms with Gasteiger partial charge in [0.05, 0.1) is 0 Å². The van der Waals surface area contributed by atoms with Gasteiger partial charge in [-0.2, -0.15) is 0 Å². The quantitative estimate of drug-likeness (QED) is 0.414. The van der Waals surface area contributed by atoms with E-state index in [-0.39, 0.29) is 29.9 Å². The molecule has 1 aromatic rings. The number of nitrogens with one attached hydrogen (secondary N) is 2. The number of aliphatic imine (C=N–C) groups is 1. The van der Waals surface area contributed by atoms with Crippen molar-refractivity contribution >= 4 is 35.8 Å². The summed E-state index contributed by atoms with van der Waals surface area (Å²) in [5.41, 5.74) is 1.83. The third-order valence-corrected chi connectivity index (χ3v) is 3.83. The first-order chi connectivity index (χ1) is 10.6. The molecule has 0 aliphatic heterocycles. The number of hydrogen-bond acceptors (Lipinski definition) is 2. The van der Waals surface area contributed by atoms with Crippen LogP contribution in [-0.4, -0.2) is 44.5 Å². The summed E-state index contributed by atoms with van der Waals surface area (Å²) in [6, 6.07) is 7.67. The Bertz CT molecular complexity index is 524. The van der Waals surface area contributed by atoms with Crippen molar-refractivity contribution in [3.63, 3.8) is 0 Å². The van der Waals surface area contributed by atoms with E-state index in [9.17, 15) is 4.79 Å². The average Bonchev–Trinajstić information content (AvgIpc) is 3.34. The number of guanidine groups is 1. The fourth-order valence-corrected chi connectivity index (χ4v) is 2.23. The van der Waals surface area contributed by atoms with Crippen molar-refractivity contribution in [1.82, 2.24) is 15.5 Å². The summed E-state index contributed by atoms with van der Waals surface area (Å²) in [5.74, 6) is 1.78. The highest BCUT2D eigenvalue weighted by Gasteiger charge is 2.20. The number of benzene rings is 1. The minimum Gasteiger partial charge on any atom is -0.356 e. The largest absolute Gasteiger partial charge is 0.356 e. The van der Waals surface area contributed by atoms with Crippen LogP contribution in [-0.2, 0) is 6.54 Å². The Labute approximate surface area is 156 Å². The summed E-state index contributed by atoms with van der Waals surface area (Å²) in [6.07, 6.45) is 3.99. The molecule has 2 N–H and O–H groups in total. The smallest absolute Gasteiger partial charge is 0.253 e. The molecule has 0 heterocycles. The van der Waals surface area contributed by atoms with E-state index in [1.807, 2.05) is 24.3 Å². The third-order valence-electron chi connectivity index (χ3n) is 3.83. The minimum atomic E-state index is 0. The molecule has 0 spiro atoms. The fraction of sp³-hybridized carbons (Fsp3) is 0.529. The van der Waals surface area contributed by atoms with Crippen LogP contribution in [0.3, 0.4) is 0 Å². The maximum atomic E-state index is 11.8. The lowest BCUT2D eigenvalue weighted by Gasteiger charge is -2.13. The van der Waals surface area contributed by atoms with Crippen LogP contribution < -0.4 is 10.6 Å². The van der Waals surface area contributed by atoms with Gasteiger partial charge < -0.3 is 15.5 Å². The summed E-state index contributed by atoms with van der Waals surface area (Å²) in [6.45, 7) is 1.67. The Morgan fingerprint density at radius 3 is 2.39 bits per heavy atom. The summed E-state index contributed by atoms with van der Waals surface area (Å²) < 4.78 is 0. The molecule has 2 rings (SSSR count). The number of nitrogens with zero attached hydrogens (tertiary/aromatic N) is 2. The third kappa shape index (κ3) is 6.76. The van der Waals surface area contributed by atoms with E-state index in [0.29, 0.717) is 12.1 Å². The van der Waals surface area contributed by atoms with Crippen LogP contribution >= 0.6 is 24.0 Å². The van der Waals surface area contributed by atoms with E-state index in [0.717, 1.165) is 24.0 Å². The van der Waals surface area contributed by atoms with Gasteiger partial charge in [0, 0.05) is 39.8 Å². The van der Waals surface area contributed by atoms with Gasteiger partial charge in [0.1, 0.15) is 0 Å². The molecule has 0 atom stereocenters. The van der Waals surface area contributed by atoms with Crippen LogP contribution in [0.25, 0.3) is 0 Å². The molecular weight excluding hydrogens is 403 g/mol. The van der Waals surface area contributed by atoms with Gasteiger partial charge in [-0.3, -0.25) is 9.79 Å². The monoisotopic (exact) mass is 430 g/mol. The maximum Gasteiger partial charge on any atom is 0.253 e. The van der Waals surface area contributed by atoms with Gasteiger partial charge in [0.25, 0.3) is 5.91 Å². The number of carbonyl (C=O) groups is 1. The zero-order valence-electron chi connectivity index (χ0n) is 14.1. The van der Waals surface area contributed by atoms with Crippen LogP contribution in [0.5, 0.6) is 0 Å². The zero-order chi connectivity index (χ0) is 15.9. The Morgan fingerprint density at radius 2 is 1.87 bits per heavy atom. The normalized spacial score (nSPS) is 14.0. The molecule has 0 bridgehead atoms. The SMILES string of the molecule is CN=C(NCCC1CC1)NCc1ccc(C(=O)N(C)C)cc1.I. The predicted octanol–water partition coefficient (Wildman–Crippen LogP) is 2.47. The molecular formula is C17H27IN4O. The van der Waals surface area contributed by atoms with Crippen LogP contribution in [0.1, 0.15) is 35.2 Å². The zero-order valence-corrected chi connectivity index (χ0v) is 16.5. The Balaban J connectivity index is 0.00000264. The van der Waals surface area contributed by atoms with Crippen molar-refractivity contribution in [2.24, 2.45) is 10.9 Å². The minimum absolute atomic E-state index is 0. The molecule has 6 heteroatoms. The molecule has 1 saturated carbocycles. The molecule has 0 unspecified atom stereocenters. The summed E-state index contributed by atoms with van der Waals surface area (Å²) in [4.78, 5) is 17.6. The number of halogens is 1. The molecule has 0 radical (unpaired) electrons. The number of rotatable bonds is 6. The lowest BCUT2D eigenvalue weighted by Crippen LogP contribution is -2.37. The van der Waals surface area contributed by atoms with Crippen LogP contribution in [0.15, 0.2) is 29.3 Å². The van der Waals surface area contributed by atoms with Crippen molar-refractivity contribution in [3.8, 4) is 0 Å². The van der Waals surface area contributed by atoms with E-state index in [1.54, 1.807) is 26.0 Å². The fourth-order valence-electron chi connectivity index (χ4n) is 2.23. The molecule has 128 valence electrons.